The third kappa shape index (κ3) is 6.18. The molecule has 1 fully saturated rings. The number of carbonyl (C=O) groups excluding carboxylic acids is 4. The number of benzene rings is 3. The average molecular weight is 669 g/mol. The molecule has 0 spiro atoms. The molecule has 3 aliphatic rings. The number of amides is 3. The maximum atomic E-state index is 14.0. The number of carbonyl (C=O) groups is 4. The molecule has 1 saturated heterocycles. The van der Waals surface area contributed by atoms with Crippen molar-refractivity contribution >= 4 is 40.8 Å². The van der Waals surface area contributed by atoms with Crippen molar-refractivity contribution in [2.45, 2.75) is 64.1 Å². The summed E-state index contributed by atoms with van der Waals surface area (Å²) >= 11 is 0. The molecule has 13 heteroatoms. The normalized spacial score (nSPS) is 22.1. The summed E-state index contributed by atoms with van der Waals surface area (Å²) in [6.07, 6.45) is 3.03. The van der Waals surface area contributed by atoms with Crippen LogP contribution in [-0.4, -0.2) is 62.6 Å². The Kier molecular flexibility index (Phi) is 9.06. The summed E-state index contributed by atoms with van der Waals surface area (Å²) in [5, 5.41) is 33.7. The van der Waals surface area contributed by atoms with Crippen LogP contribution in [0.15, 0.2) is 78.9 Å². The number of rotatable bonds is 10. The van der Waals surface area contributed by atoms with E-state index < -0.39 is 34.5 Å². The molecule has 4 atom stereocenters. The smallest absolute Gasteiger partial charge is 0.304 e. The number of nitrogens with zero attached hydrogens (tertiary/aromatic N) is 4. The first-order chi connectivity index (χ1) is 23.4. The van der Waals surface area contributed by atoms with Crippen LogP contribution in [0, 0.1) is 16.0 Å². The molecule has 49 heavy (non-hydrogen) atoms. The van der Waals surface area contributed by atoms with Gasteiger partial charge in [0.05, 0.1) is 36.2 Å². The van der Waals surface area contributed by atoms with Crippen molar-refractivity contribution in [2.24, 2.45) is 5.92 Å². The molecule has 2 N–H and O–H groups in total. The van der Waals surface area contributed by atoms with Crippen LogP contribution < -0.4 is 9.80 Å². The molecule has 3 heterocycles. The minimum absolute atomic E-state index is 0.0153. The van der Waals surface area contributed by atoms with Gasteiger partial charge in [0, 0.05) is 49.2 Å². The molecular formula is C36H36N4O9. The number of esters is 1. The minimum atomic E-state index is -2.17. The second-order valence-corrected chi connectivity index (χ2v) is 12.6. The zero-order valence-corrected chi connectivity index (χ0v) is 27.0. The topological polar surface area (TPSA) is 171 Å². The van der Waals surface area contributed by atoms with E-state index in [1.54, 1.807) is 48.2 Å². The highest BCUT2D eigenvalue weighted by molar-refractivity contribution is 6.07. The number of hydrogen-bond acceptors (Lipinski definition) is 9. The van der Waals surface area contributed by atoms with Crippen LogP contribution in [-0.2, 0) is 49.0 Å². The van der Waals surface area contributed by atoms with Crippen LogP contribution in [0.3, 0.4) is 0 Å². The van der Waals surface area contributed by atoms with Gasteiger partial charge >= 0.3 is 5.97 Å². The third-order valence-corrected chi connectivity index (χ3v) is 9.49. The fraction of sp³-hybridized carbons (Fsp3) is 0.333. The maximum Gasteiger partial charge on any atom is 0.304 e. The quantitative estimate of drug-likeness (QED) is 0.108. The number of anilines is 2. The number of β-lactam (4-membered cyclic amide) rings is 1. The molecule has 1 unspecified atom stereocenters. The fourth-order valence-electron chi connectivity index (χ4n) is 6.81. The van der Waals surface area contributed by atoms with Crippen molar-refractivity contribution < 1.29 is 39.1 Å². The fourth-order valence-corrected chi connectivity index (χ4v) is 6.81. The van der Waals surface area contributed by atoms with Gasteiger partial charge in [0.2, 0.25) is 11.8 Å². The van der Waals surface area contributed by atoms with Gasteiger partial charge in [-0.15, -0.1) is 0 Å². The number of aliphatic hydroxyl groups excluding tert-OH is 1. The van der Waals surface area contributed by atoms with Gasteiger partial charge in [0.25, 0.3) is 11.6 Å². The molecule has 3 aliphatic heterocycles. The van der Waals surface area contributed by atoms with Gasteiger partial charge in [-0.1, -0.05) is 55.5 Å². The van der Waals surface area contributed by atoms with Gasteiger partial charge < -0.3 is 24.7 Å². The van der Waals surface area contributed by atoms with Crippen molar-refractivity contribution in [3.8, 4) is 0 Å². The van der Waals surface area contributed by atoms with Crippen molar-refractivity contribution in [3.05, 3.63) is 111 Å². The summed E-state index contributed by atoms with van der Waals surface area (Å²) in [5.74, 6) is -2.49. The van der Waals surface area contributed by atoms with Crippen LogP contribution in [0.1, 0.15) is 48.9 Å². The Morgan fingerprint density at radius 2 is 1.80 bits per heavy atom. The Balaban J connectivity index is 1.20. The predicted molar refractivity (Wildman–Crippen MR) is 177 cm³/mol. The largest absolute Gasteiger partial charge is 0.441 e. The minimum Gasteiger partial charge on any atom is -0.441 e. The van der Waals surface area contributed by atoms with E-state index in [4.69, 9.17) is 4.74 Å². The number of nitro groups is 1. The van der Waals surface area contributed by atoms with E-state index in [1.165, 1.54) is 34.9 Å². The Labute approximate surface area is 282 Å². The summed E-state index contributed by atoms with van der Waals surface area (Å²) in [6, 6.07) is 18.0. The first-order valence-corrected chi connectivity index (χ1v) is 16.0. The monoisotopic (exact) mass is 668 g/mol. The summed E-state index contributed by atoms with van der Waals surface area (Å²) in [4.78, 5) is 66.4. The van der Waals surface area contributed by atoms with Gasteiger partial charge in [0.15, 0.2) is 11.8 Å². The molecule has 6 rings (SSSR count). The van der Waals surface area contributed by atoms with E-state index in [1.807, 2.05) is 24.3 Å². The molecule has 254 valence electrons. The second kappa shape index (κ2) is 13.2. The van der Waals surface area contributed by atoms with Gasteiger partial charge in [-0.2, -0.15) is 0 Å². The number of hydrogen-bond donors (Lipinski definition) is 2. The standard InChI is InChI=1S/C36H36N4O9/c1-22(6-5-9-32(43)37-20-26-8-4-3-7-25(26)16-29(37)21-41)36(46)30-17-28(40(47)48)14-15-31(30)38(35(36)45)19-24-10-12-27(13-11-24)39-33(44)18-34(39)49-23(2)42/h3-8,10-15,17,22,29,34,41,46H,9,16,18-21H2,1-2H3/b6-5+/t22-,29-,34?,36+/m0/s1. The van der Waals surface area contributed by atoms with Crippen LogP contribution in [0.5, 0.6) is 0 Å². The number of nitro benzene ring substituents is 1. The molecule has 13 nitrogen and oxygen atoms in total. The molecular weight excluding hydrogens is 632 g/mol. The lowest BCUT2D eigenvalue weighted by Gasteiger charge is -2.39. The molecule has 0 bridgehead atoms. The Bertz CT molecular complexity index is 1860. The molecule has 0 aliphatic carbocycles. The van der Waals surface area contributed by atoms with Crippen molar-refractivity contribution in [3.63, 3.8) is 0 Å². The number of aliphatic hydroxyl groups is 2. The van der Waals surface area contributed by atoms with Gasteiger partial charge in [-0.3, -0.25) is 34.2 Å². The van der Waals surface area contributed by atoms with E-state index in [0.29, 0.717) is 29.9 Å². The second-order valence-electron chi connectivity index (χ2n) is 12.6. The molecule has 0 aromatic heterocycles. The van der Waals surface area contributed by atoms with E-state index in [0.717, 1.165) is 11.1 Å². The Morgan fingerprint density at radius 3 is 2.45 bits per heavy atom. The van der Waals surface area contributed by atoms with Crippen LogP contribution in [0.2, 0.25) is 0 Å². The van der Waals surface area contributed by atoms with Crippen molar-refractivity contribution in [2.75, 3.05) is 16.4 Å². The lowest BCUT2D eigenvalue weighted by molar-refractivity contribution is -0.385. The van der Waals surface area contributed by atoms with Crippen molar-refractivity contribution in [1.29, 1.82) is 0 Å². The van der Waals surface area contributed by atoms with Gasteiger partial charge in [-0.05, 0) is 41.3 Å². The summed E-state index contributed by atoms with van der Waals surface area (Å²) in [7, 11) is 0. The van der Waals surface area contributed by atoms with Crippen LogP contribution >= 0.6 is 0 Å². The molecule has 3 aromatic rings. The Hall–Kier alpha value is -5.40. The van der Waals surface area contributed by atoms with Crippen LogP contribution in [0.4, 0.5) is 17.1 Å². The van der Waals surface area contributed by atoms with Crippen molar-refractivity contribution in [1.82, 2.24) is 4.90 Å². The number of ether oxygens (including phenoxy) is 1. The number of non-ortho nitro benzene ring substituents is 1. The molecule has 0 radical (unpaired) electrons. The molecule has 3 aromatic carbocycles. The first kappa shape index (κ1) is 33.5. The first-order valence-electron chi connectivity index (χ1n) is 16.0. The van der Waals surface area contributed by atoms with Gasteiger partial charge in [-0.25, -0.2) is 0 Å². The highest BCUT2D eigenvalue weighted by Crippen LogP contribution is 2.47. The van der Waals surface area contributed by atoms with E-state index >= 15 is 0 Å². The summed E-state index contributed by atoms with van der Waals surface area (Å²) < 4.78 is 5.18. The summed E-state index contributed by atoms with van der Waals surface area (Å²) in [5.41, 5.74) is 1.20. The SMILES string of the molecule is CC(=O)OC1CC(=O)N1c1ccc(CN2C(=O)[C@@](O)([C@@H](C)/C=C/CC(=O)N3Cc4ccccc4C[C@H]3CO)c3cc([N+](=O)[O-])ccc32)cc1. The highest BCUT2D eigenvalue weighted by Gasteiger charge is 2.53. The Morgan fingerprint density at radius 1 is 1.08 bits per heavy atom. The molecule has 3 amide bonds. The van der Waals surface area contributed by atoms with E-state index in [-0.39, 0.29) is 55.1 Å². The maximum absolute atomic E-state index is 14.0. The number of fused-ring (bicyclic) bond motifs is 2. The zero-order chi connectivity index (χ0) is 35.0. The van der Waals surface area contributed by atoms with Gasteiger partial charge in [0.1, 0.15) is 0 Å². The predicted octanol–water partition coefficient (Wildman–Crippen LogP) is 3.48. The zero-order valence-electron chi connectivity index (χ0n) is 27.0. The highest BCUT2D eigenvalue weighted by atomic mass is 16.6. The summed E-state index contributed by atoms with van der Waals surface area (Å²) in [6.45, 7) is 3.06. The lowest BCUT2D eigenvalue weighted by atomic mass is 9.82. The third-order valence-electron chi connectivity index (χ3n) is 9.49. The average Bonchev–Trinajstić information content (AvgIpc) is 3.29. The lowest BCUT2D eigenvalue weighted by Crippen LogP contribution is -2.54. The molecule has 0 saturated carbocycles. The van der Waals surface area contributed by atoms with E-state index in [2.05, 4.69) is 0 Å². The van der Waals surface area contributed by atoms with Crippen LogP contribution in [0.25, 0.3) is 0 Å². The van der Waals surface area contributed by atoms with E-state index in [9.17, 15) is 39.5 Å².